The average molecular weight is 624 g/mol. The van der Waals surface area contributed by atoms with Gasteiger partial charge in [0, 0.05) is 47.8 Å². The molecule has 1 aliphatic carbocycles. The van der Waals surface area contributed by atoms with Crippen LogP contribution >= 0.6 is 23.2 Å². The average Bonchev–Trinajstić information content (AvgIpc) is 3.80. The van der Waals surface area contributed by atoms with Gasteiger partial charge in [0.05, 0.1) is 25.9 Å². The van der Waals surface area contributed by atoms with Crippen LogP contribution in [-0.2, 0) is 35.1 Å². The number of likely N-dealkylation sites (tertiary alicyclic amines) is 1. The molecule has 2 fully saturated rings. The van der Waals surface area contributed by atoms with Crippen LogP contribution in [0, 0.1) is 23.2 Å². The third-order valence-corrected chi connectivity index (χ3v) is 9.09. The normalized spacial score (nSPS) is 25.7. The second-order valence-corrected chi connectivity index (χ2v) is 12.9. The Morgan fingerprint density at radius 3 is 2.57 bits per heavy atom. The molecular weight excluding hydrogens is 579 g/mol. The molecule has 0 radical (unpaired) electrons. The number of nitrogens with one attached hydrogen (secondary N) is 1. The molecular formula is C32H44Cl2N2O6. The van der Waals surface area contributed by atoms with Gasteiger partial charge in [0.2, 0.25) is 11.8 Å². The standard InChI is InChI=1S/C32H44Cl2N2O6/c1-5-6-13-41-14-7-12-35-28(37)15-23-18-32(31(39)40-4)27(17-26(20(2)3)42-29(32)21-8-9-21)36(30(23)38)19-22-10-11-24(33)16-25(22)34/h10-11,16-17,20-21,23,26,29H,5-9,12-15,18-19H2,1-4H3,(H,35,37)/t23-,26-,29-,32-/m0/s1. The van der Waals surface area contributed by atoms with E-state index in [4.69, 9.17) is 37.4 Å². The summed E-state index contributed by atoms with van der Waals surface area (Å²) >= 11 is 12.7. The number of rotatable bonds is 14. The van der Waals surface area contributed by atoms with E-state index in [1.165, 1.54) is 7.11 Å². The molecule has 0 aromatic heterocycles. The van der Waals surface area contributed by atoms with Gasteiger partial charge in [-0.15, -0.1) is 0 Å². The molecule has 8 nitrogen and oxygen atoms in total. The number of methoxy groups -OCH3 is 1. The van der Waals surface area contributed by atoms with Crippen molar-refractivity contribution >= 4 is 41.0 Å². The van der Waals surface area contributed by atoms with Gasteiger partial charge >= 0.3 is 5.97 Å². The number of piperidine rings is 1. The lowest BCUT2D eigenvalue weighted by Gasteiger charge is -2.53. The molecule has 1 aromatic rings. The maximum atomic E-state index is 14.2. The molecule has 1 aromatic carbocycles. The number of carbonyl (C=O) groups excluding carboxylic acids is 3. The van der Waals surface area contributed by atoms with E-state index in [0.717, 1.165) is 25.7 Å². The van der Waals surface area contributed by atoms with Crippen molar-refractivity contribution in [2.24, 2.45) is 23.2 Å². The number of halogens is 2. The van der Waals surface area contributed by atoms with Gasteiger partial charge in [-0.2, -0.15) is 0 Å². The first-order chi connectivity index (χ1) is 20.1. The van der Waals surface area contributed by atoms with Gasteiger partial charge in [-0.25, -0.2) is 0 Å². The zero-order valence-corrected chi connectivity index (χ0v) is 26.6. The predicted molar refractivity (Wildman–Crippen MR) is 162 cm³/mol. The van der Waals surface area contributed by atoms with Crippen LogP contribution in [-0.4, -0.2) is 61.8 Å². The van der Waals surface area contributed by atoms with E-state index in [9.17, 15) is 14.4 Å². The number of ether oxygens (including phenoxy) is 3. The minimum Gasteiger partial charge on any atom is -0.468 e. The Bertz CT molecular complexity index is 1170. The first-order valence-corrected chi connectivity index (χ1v) is 15.9. The third kappa shape index (κ3) is 7.32. The summed E-state index contributed by atoms with van der Waals surface area (Å²) in [6.07, 6.45) is 5.91. The first-order valence-electron chi connectivity index (χ1n) is 15.2. The molecule has 42 heavy (non-hydrogen) atoms. The van der Waals surface area contributed by atoms with Gasteiger partial charge in [-0.05, 0) is 67.7 Å². The molecule has 4 atom stereocenters. The first kappa shape index (κ1) is 32.8. The number of carbonyl (C=O) groups is 3. The molecule has 4 rings (SSSR count). The molecule has 1 saturated heterocycles. The fourth-order valence-corrected chi connectivity index (χ4v) is 6.55. The number of nitrogens with zero attached hydrogens (tertiary/aromatic N) is 1. The zero-order valence-electron chi connectivity index (χ0n) is 25.1. The number of fused-ring (bicyclic) bond motifs is 1. The fraction of sp³-hybridized carbons (Fsp3) is 0.656. The maximum Gasteiger partial charge on any atom is 0.320 e. The van der Waals surface area contributed by atoms with Crippen LogP contribution in [0.3, 0.4) is 0 Å². The van der Waals surface area contributed by atoms with Crippen molar-refractivity contribution in [3.05, 3.63) is 45.6 Å². The minimum absolute atomic E-state index is 0.0443. The van der Waals surface area contributed by atoms with Crippen LogP contribution in [0.15, 0.2) is 30.0 Å². The SMILES string of the molecule is CCCCOCCCNC(=O)C[C@H]1C[C@]2(C(=O)OC)C(=C[C@@H](C(C)C)O[C@H]2C2CC2)N(Cc2ccc(Cl)cc2Cl)C1=O. The molecule has 0 bridgehead atoms. The Labute approximate surface area is 259 Å². The fourth-order valence-electron chi connectivity index (χ4n) is 6.08. The topological polar surface area (TPSA) is 94.2 Å². The van der Waals surface area contributed by atoms with Crippen molar-refractivity contribution in [2.45, 2.75) is 84.5 Å². The van der Waals surface area contributed by atoms with Crippen molar-refractivity contribution in [1.29, 1.82) is 0 Å². The molecule has 2 aliphatic heterocycles. The van der Waals surface area contributed by atoms with E-state index < -0.39 is 23.4 Å². The minimum atomic E-state index is -1.22. The van der Waals surface area contributed by atoms with Crippen molar-refractivity contribution < 1.29 is 28.6 Å². The molecule has 1 saturated carbocycles. The van der Waals surface area contributed by atoms with Crippen LogP contribution in [0.1, 0.15) is 71.3 Å². The van der Waals surface area contributed by atoms with Crippen LogP contribution in [0.5, 0.6) is 0 Å². The van der Waals surface area contributed by atoms with E-state index >= 15 is 0 Å². The van der Waals surface area contributed by atoms with Crippen molar-refractivity contribution in [3.63, 3.8) is 0 Å². The summed E-state index contributed by atoms with van der Waals surface area (Å²) < 4.78 is 17.7. The Balaban J connectivity index is 1.65. The van der Waals surface area contributed by atoms with E-state index in [-0.39, 0.29) is 49.1 Å². The van der Waals surface area contributed by atoms with Gasteiger partial charge in [0.15, 0.2) is 0 Å². The summed E-state index contributed by atoms with van der Waals surface area (Å²) in [6, 6.07) is 5.15. The highest BCUT2D eigenvalue weighted by Crippen LogP contribution is 2.56. The Kier molecular flexibility index (Phi) is 11.4. The highest BCUT2D eigenvalue weighted by Gasteiger charge is 2.63. The molecule has 0 spiro atoms. The van der Waals surface area contributed by atoms with Crippen LogP contribution in [0.25, 0.3) is 0 Å². The number of amides is 2. The van der Waals surface area contributed by atoms with E-state index in [1.807, 2.05) is 6.08 Å². The number of hydrogen-bond acceptors (Lipinski definition) is 6. The van der Waals surface area contributed by atoms with E-state index in [0.29, 0.717) is 47.5 Å². The van der Waals surface area contributed by atoms with Crippen molar-refractivity contribution in [1.82, 2.24) is 10.2 Å². The lowest BCUT2D eigenvalue weighted by molar-refractivity contribution is -0.182. The third-order valence-electron chi connectivity index (χ3n) is 8.51. The molecule has 232 valence electrons. The molecule has 1 N–H and O–H groups in total. The predicted octanol–water partition coefficient (Wildman–Crippen LogP) is 5.93. The quantitative estimate of drug-likeness (QED) is 0.204. The summed E-state index contributed by atoms with van der Waals surface area (Å²) in [5.74, 6) is -1.34. The smallest absolute Gasteiger partial charge is 0.320 e. The van der Waals surface area contributed by atoms with E-state index in [1.54, 1.807) is 23.1 Å². The highest BCUT2D eigenvalue weighted by atomic mass is 35.5. The second-order valence-electron chi connectivity index (χ2n) is 12.1. The summed E-state index contributed by atoms with van der Waals surface area (Å²) in [5, 5.41) is 3.84. The summed E-state index contributed by atoms with van der Waals surface area (Å²) in [7, 11) is 1.37. The zero-order chi connectivity index (χ0) is 30.4. The Morgan fingerprint density at radius 1 is 1.19 bits per heavy atom. The second kappa shape index (κ2) is 14.6. The van der Waals surface area contributed by atoms with Crippen LogP contribution in [0.4, 0.5) is 0 Å². The number of hydrogen-bond donors (Lipinski definition) is 1. The summed E-state index contributed by atoms with van der Waals surface area (Å²) in [6.45, 7) is 8.09. The van der Waals surface area contributed by atoms with Gasteiger partial charge < -0.3 is 24.4 Å². The Hall–Kier alpha value is -2.13. The van der Waals surface area contributed by atoms with Crippen molar-refractivity contribution in [2.75, 3.05) is 26.9 Å². The molecule has 2 heterocycles. The highest BCUT2D eigenvalue weighted by molar-refractivity contribution is 6.35. The molecule has 3 aliphatic rings. The number of unbranched alkanes of at least 4 members (excludes halogenated alkanes) is 1. The summed E-state index contributed by atoms with van der Waals surface area (Å²) in [4.78, 5) is 42.8. The molecule has 0 unspecified atom stereocenters. The van der Waals surface area contributed by atoms with Gasteiger partial charge in [-0.3, -0.25) is 14.4 Å². The largest absolute Gasteiger partial charge is 0.468 e. The van der Waals surface area contributed by atoms with Crippen LogP contribution < -0.4 is 5.32 Å². The van der Waals surface area contributed by atoms with Crippen molar-refractivity contribution in [3.8, 4) is 0 Å². The number of benzene rings is 1. The molecule has 10 heteroatoms. The van der Waals surface area contributed by atoms with Gasteiger partial charge in [-0.1, -0.05) is 56.5 Å². The number of esters is 1. The maximum absolute atomic E-state index is 14.2. The Morgan fingerprint density at radius 2 is 1.93 bits per heavy atom. The molecule has 2 amide bonds. The summed E-state index contributed by atoms with van der Waals surface area (Å²) in [5.41, 5.74) is 0.0672. The monoisotopic (exact) mass is 622 g/mol. The van der Waals surface area contributed by atoms with E-state index in [2.05, 4.69) is 26.1 Å². The van der Waals surface area contributed by atoms with Crippen LogP contribution in [0.2, 0.25) is 10.0 Å². The van der Waals surface area contributed by atoms with Gasteiger partial charge in [0.25, 0.3) is 0 Å². The van der Waals surface area contributed by atoms with Gasteiger partial charge in [0.1, 0.15) is 5.41 Å². The lowest BCUT2D eigenvalue weighted by atomic mass is 9.64. The lowest BCUT2D eigenvalue weighted by Crippen LogP contribution is -2.61.